The monoisotopic (exact) mass is 327 g/mol. The van der Waals surface area contributed by atoms with Crippen molar-refractivity contribution in [3.63, 3.8) is 0 Å². The Balaban J connectivity index is -0.00000000626. The molecule has 0 aliphatic carbocycles. The molecule has 0 radical (unpaired) electrons. The average molecular weight is 327 g/mol. The molecule has 0 fully saturated rings. The molecule has 0 amide bonds. The number of nitrogens with two attached hydrogens (primary N) is 5. The first-order chi connectivity index (χ1) is 3.41. The van der Waals surface area contributed by atoms with Gasteiger partial charge in [0.25, 0.3) is 0 Å². The molecule has 0 aromatic carbocycles. The Kier molecular flexibility index (Phi) is 179. The second kappa shape index (κ2) is 38.2. The van der Waals surface area contributed by atoms with Crippen molar-refractivity contribution in [2.45, 2.75) is 0 Å². The molecule has 0 saturated carbocycles. The fourth-order valence-corrected chi connectivity index (χ4v) is 0. The van der Waals surface area contributed by atoms with E-state index in [-0.39, 0.29) is 50.2 Å². The number of carbonyl (C=O) groups is 1. The first kappa shape index (κ1) is 65.6. The van der Waals surface area contributed by atoms with Crippen LogP contribution in [0.25, 0.3) is 30.8 Å². The molecule has 13 heteroatoms. The minimum Gasteiger partial charge on any atom is -0.693 e. The second-order valence-electron chi connectivity index (χ2n) is 0.492. The second-order valence-corrected chi connectivity index (χ2v) is 1.28. The van der Waals surface area contributed by atoms with E-state index in [1.165, 1.54) is 0 Å². The molecule has 0 heterocycles. The summed E-state index contributed by atoms with van der Waals surface area (Å²) in [6.45, 7) is -0.500. The van der Waals surface area contributed by atoms with Crippen LogP contribution in [0.4, 0.5) is 0 Å². The summed E-state index contributed by atoms with van der Waals surface area (Å²) in [5.41, 5.74) is 0. The van der Waals surface area contributed by atoms with E-state index in [0.717, 1.165) is 0 Å². The van der Waals surface area contributed by atoms with Crippen molar-refractivity contribution >= 4 is 6.47 Å². The van der Waals surface area contributed by atoms with Crippen LogP contribution < -0.4 is 19.1 Å². The zero-order valence-electron chi connectivity index (χ0n) is 6.68. The van der Waals surface area contributed by atoms with E-state index in [9.17, 15) is 0 Å². The molecule has 11 nitrogen and oxygen atoms in total. The van der Waals surface area contributed by atoms with Crippen molar-refractivity contribution in [1.29, 1.82) is 0 Å². The molecule has 0 atom stereocenters. The first-order valence-corrected chi connectivity index (χ1v) is 2.37. The van der Waals surface area contributed by atoms with Crippen LogP contribution in [0.3, 0.4) is 0 Å². The minimum atomic E-state index is -4.69. The average Bonchev–Trinajstić information content (AvgIpc) is 1.27. The molecule has 0 aromatic heterocycles. The van der Waals surface area contributed by atoms with Crippen LogP contribution in [-0.2, 0) is 24.3 Å². The molecule has 0 spiro atoms. The van der Waals surface area contributed by atoms with Crippen molar-refractivity contribution in [3.8, 4) is 0 Å². The van der Waals surface area contributed by atoms with E-state index in [2.05, 4.69) is 0 Å². The van der Waals surface area contributed by atoms with Crippen LogP contribution >= 0.6 is 0 Å². The predicted molar refractivity (Wildman–Crippen MR) is 34.7 cm³/mol. The largest absolute Gasteiger partial charge is 8.00 e. The van der Waals surface area contributed by atoms with Gasteiger partial charge in [-0.05, 0) is 0 Å². The number of hydrogen-bond donors (Lipinski definition) is 1. The van der Waals surface area contributed by atoms with E-state index in [0.29, 0.717) is 0 Å². The maximum atomic E-state index is 8.60. The van der Waals surface area contributed by atoms with Gasteiger partial charge in [0, 0.05) is 6.47 Å². The molecule has 14 heavy (non-hydrogen) atoms. The molecule has 0 saturated heterocycles. The summed E-state index contributed by atoms with van der Waals surface area (Å²) in [5, 5.41) is 8.25. The third-order valence-corrected chi connectivity index (χ3v) is 0. The quantitative estimate of drug-likeness (QED) is 0.380. The molecule has 0 aromatic rings. The van der Waals surface area contributed by atoms with Gasteiger partial charge in [0.2, 0.25) is 0 Å². The van der Waals surface area contributed by atoms with Gasteiger partial charge in [-0.25, -0.2) is 0 Å². The van der Waals surface area contributed by atoms with Crippen molar-refractivity contribution < 1.29 is 58.3 Å². The maximum Gasteiger partial charge on any atom is 8.00 e. The van der Waals surface area contributed by atoms with Gasteiger partial charge < -0.3 is 40.7 Å². The Morgan fingerprint density at radius 1 is 0.929 bits per heavy atom. The molecule has 0 bridgehead atoms. The van der Waals surface area contributed by atoms with Gasteiger partial charge >= 0.3 is 19.5 Å². The molecular weight excluding hydrogens is 315 g/mol. The number of rotatable bonds is 0. The topological polar surface area (TPSA) is 297 Å². The Labute approximate surface area is 95.9 Å². The fourth-order valence-electron chi connectivity index (χ4n) is 0. The van der Waals surface area contributed by atoms with Crippen LogP contribution in [0, 0.1) is 10.2 Å². The van der Waals surface area contributed by atoms with Gasteiger partial charge in [-0.1, -0.05) is 0 Å². The number of carbonyl (C=O) groups excluding carboxylic acids is 1. The smallest absolute Gasteiger partial charge is 0.693 e. The van der Waals surface area contributed by atoms with Gasteiger partial charge in [0.15, 0.2) is 0 Å². The van der Waals surface area contributed by atoms with E-state index >= 15 is 0 Å². The Morgan fingerprint density at radius 3 is 0.929 bits per heavy atom. The maximum absolute atomic E-state index is 8.60. The van der Waals surface area contributed by atoms with Crippen LogP contribution in [-0.4, -0.2) is 11.1 Å². The summed E-state index contributed by atoms with van der Waals surface area (Å²) >= 11 is 0. The van der Waals surface area contributed by atoms with Crippen LogP contribution in [0.15, 0.2) is 0 Å². The molecule has 0 rings (SSSR count). The molecule has 0 aliphatic heterocycles. The van der Waals surface area contributed by atoms with Crippen molar-refractivity contribution in [3.05, 3.63) is 30.8 Å². The number of hydrogen-bond acceptors (Lipinski definition) is 6. The third-order valence-electron chi connectivity index (χ3n) is 0. The van der Waals surface area contributed by atoms with E-state index < -0.39 is 16.7 Å². The normalized spacial score (nSPS) is 5.14. The summed E-state index contributed by atoms with van der Waals surface area (Å²) in [6, 6.07) is 0. The van der Waals surface area contributed by atoms with Crippen LogP contribution in [0.2, 0.25) is 0 Å². The van der Waals surface area contributed by atoms with Gasteiger partial charge in [-0.2, -0.15) is 14.0 Å². The summed E-state index contributed by atoms with van der Waals surface area (Å²) in [5.74, 6) is 0. The van der Waals surface area contributed by atoms with Crippen molar-refractivity contribution in [1.82, 2.24) is 0 Å². The molecule has 11 N–H and O–H groups in total. The standard InChI is InChI=1S/CH2O2.ClHO4.5H2N.Ru/c2-1-3;2-1(3,4)5;;;;;;/h1H,(H,2,3);(H,2,3,4,5);5*1H2;/q;;5*-1;+8/p-1. The third kappa shape index (κ3) is 2670000. The van der Waals surface area contributed by atoms with Crippen LogP contribution in [0.1, 0.15) is 0 Å². The summed E-state index contributed by atoms with van der Waals surface area (Å²) in [6.07, 6.45) is 0. The fraction of sp³-hybridized carbons (Fsp3) is 0. The number of halogens is 1. The molecule has 0 unspecified atom stereocenters. The predicted octanol–water partition coefficient (Wildman–Crippen LogP) is -2.17. The summed E-state index contributed by atoms with van der Waals surface area (Å²) in [4.78, 5) is 8.25. The zero-order chi connectivity index (χ0) is 7.21. The van der Waals surface area contributed by atoms with E-state index in [4.69, 9.17) is 28.5 Å². The molecular formula is CH12ClN5O6Ru+2. The van der Waals surface area contributed by atoms with E-state index in [1.54, 1.807) is 0 Å². The first-order valence-electron chi connectivity index (χ1n) is 1.10. The van der Waals surface area contributed by atoms with Crippen molar-refractivity contribution in [2.75, 3.05) is 0 Å². The Morgan fingerprint density at radius 2 is 0.929 bits per heavy atom. The molecule has 90 valence electrons. The van der Waals surface area contributed by atoms with Crippen LogP contribution in [0.5, 0.6) is 0 Å². The Bertz CT molecular complexity index is 65.7. The number of carboxylic acid groups (broad SMARTS) is 1. The van der Waals surface area contributed by atoms with Gasteiger partial charge in [-0.3, -0.25) is 0 Å². The summed E-state index contributed by atoms with van der Waals surface area (Å²) < 4.78 is 32.7. The zero-order valence-corrected chi connectivity index (χ0v) is 9.18. The van der Waals surface area contributed by atoms with Gasteiger partial charge in [0.05, 0.1) is 14.9 Å². The van der Waals surface area contributed by atoms with Gasteiger partial charge in [-0.15, -0.1) is 0 Å². The molecule has 0 aliphatic rings. The van der Waals surface area contributed by atoms with E-state index in [1.807, 2.05) is 0 Å². The van der Waals surface area contributed by atoms with Gasteiger partial charge in [0.1, 0.15) is 0 Å². The Hall–Kier alpha value is 0.0234. The SMILES string of the molecule is O=C[O-].[NH2-].[NH2-].[NH2-].[NH2-].[NH2-].[O-][Cl+3]([O-])([O-])O.[Ru+8]. The summed E-state index contributed by atoms with van der Waals surface area (Å²) in [7, 11) is -4.69. The van der Waals surface area contributed by atoms with Crippen molar-refractivity contribution in [2.24, 2.45) is 0 Å². The minimum absolute atomic E-state index is 0.